The van der Waals surface area contributed by atoms with E-state index in [0.29, 0.717) is 32.0 Å². The summed E-state index contributed by atoms with van der Waals surface area (Å²) in [6.45, 7) is 6.04. The van der Waals surface area contributed by atoms with E-state index in [1.807, 2.05) is 13.8 Å². The van der Waals surface area contributed by atoms with Gasteiger partial charge in [-0.15, -0.1) is 0 Å². The van der Waals surface area contributed by atoms with Crippen LogP contribution in [0.1, 0.15) is 20.3 Å². The van der Waals surface area contributed by atoms with Gasteiger partial charge in [0.25, 0.3) is 0 Å². The number of nitrogens with one attached hydrogen (secondary N) is 1. The molecule has 0 aliphatic carbocycles. The van der Waals surface area contributed by atoms with Gasteiger partial charge in [0.15, 0.2) is 0 Å². The average Bonchev–Trinajstić information content (AvgIpc) is 2.61. The fraction of sp³-hybridized carbons (Fsp3) is 0.909. The second kappa shape index (κ2) is 5.50. The van der Waals surface area contributed by atoms with E-state index in [4.69, 9.17) is 4.74 Å². The lowest BCUT2D eigenvalue weighted by Crippen LogP contribution is -2.45. The van der Waals surface area contributed by atoms with Gasteiger partial charge in [-0.25, -0.2) is 4.79 Å². The van der Waals surface area contributed by atoms with Crippen LogP contribution in [0.3, 0.4) is 0 Å². The molecule has 2 N–H and O–H groups in total. The first-order valence-electron chi connectivity index (χ1n) is 5.74. The van der Waals surface area contributed by atoms with Crippen molar-refractivity contribution in [3.63, 3.8) is 0 Å². The molecule has 0 aromatic rings. The molecule has 0 saturated carbocycles. The second-order valence-electron chi connectivity index (χ2n) is 4.98. The summed E-state index contributed by atoms with van der Waals surface area (Å²) in [6, 6.07) is 0. The Hall–Kier alpha value is -0.810. The average molecular weight is 230 g/mol. The molecule has 0 radical (unpaired) electrons. The number of nitrogens with zero attached hydrogens (tertiary/aromatic N) is 1. The molecule has 1 unspecified atom stereocenters. The number of rotatable bonds is 4. The van der Waals surface area contributed by atoms with Gasteiger partial charge in [-0.1, -0.05) is 13.8 Å². The molecule has 1 aliphatic heterocycles. The molecular weight excluding hydrogens is 208 g/mol. The normalized spacial score (nSPS) is 24.8. The standard InChI is InChI=1S/C11H22N2O3/c1-9(2)6-16-10(14)13(3)8-11(15)4-5-12-7-11/h9,12,15H,4-8H2,1-3H3. The van der Waals surface area contributed by atoms with Crippen molar-refractivity contribution in [1.82, 2.24) is 10.2 Å². The van der Waals surface area contributed by atoms with Crippen LogP contribution in [0.5, 0.6) is 0 Å². The third-order valence-electron chi connectivity index (χ3n) is 2.60. The van der Waals surface area contributed by atoms with E-state index in [2.05, 4.69) is 5.32 Å². The molecule has 1 rings (SSSR count). The van der Waals surface area contributed by atoms with Gasteiger partial charge in [-0.05, 0) is 18.9 Å². The van der Waals surface area contributed by atoms with Gasteiger partial charge in [0.05, 0.1) is 18.8 Å². The highest BCUT2D eigenvalue weighted by Crippen LogP contribution is 2.15. The minimum atomic E-state index is -0.800. The maximum Gasteiger partial charge on any atom is 0.409 e. The summed E-state index contributed by atoms with van der Waals surface area (Å²) in [5, 5.41) is 13.2. The highest BCUT2D eigenvalue weighted by atomic mass is 16.6. The molecule has 5 heteroatoms. The Morgan fingerprint density at radius 2 is 2.31 bits per heavy atom. The Balaban J connectivity index is 2.33. The van der Waals surface area contributed by atoms with Crippen molar-refractivity contribution in [1.29, 1.82) is 0 Å². The third-order valence-corrected chi connectivity index (χ3v) is 2.60. The van der Waals surface area contributed by atoms with E-state index in [1.165, 1.54) is 4.90 Å². The zero-order chi connectivity index (χ0) is 12.2. The van der Waals surface area contributed by atoms with Crippen LogP contribution in [0.25, 0.3) is 0 Å². The molecular formula is C11H22N2O3. The van der Waals surface area contributed by atoms with Crippen molar-refractivity contribution in [3.05, 3.63) is 0 Å². The number of likely N-dealkylation sites (N-methyl/N-ethyl adjacent to an activating group) is 1. The molecule has 0 spiro atoms. The number of hydrogen-bond acceptors (Lipinski definition) is 4. The Labute approximate surface area is 96.8 Å². The van der Waals surface area contributed by atoms with Crippen molar-refractivity contribution in [2.45, 2.75) is 25.9 Å². The van der Waals surface area contributed by atoms with Crippen LogP contribution in [0, 0.1) is 5.92 Å². The first-order chi connectivity index (χ1) is 7.43. The van der Waals surface area contributed by atoms with Gasteiger partial charge in [0.2, 0.25) is 0 Å². The molecule has 16 heavy (non-hydrogen) atoms. The summed E-state index contributed by atoms with van der Waals surface area (Å²) >= 11 is 0. The molecule has 5 nitrogen and oxygen atoms in total. The number of aliphatic hydroxyl groups is 1. The van der Waals surface area contributed by atoms with Crippen molar-refractivity contribution in [2.75, 3.05) is 33.3 Å². The highest BCUT2D eigenvalue weighted by molar-refractivity contribution is 5.67. The molecule has 94 valence electrons. The minimum absolute atomic E-state index is 0.316. The van der Waals surface area contributed by atoms with Gasteiger partial charge in [0, 0.05) is 13.6 Å². The molecule has 1 saturated heterocycles. The SMILES string of the molecule is CC(C)COC(=O)N(C)CC1(O)CCNC1. The van der Waals surface area contributed by atoms with E-state index in [1.54, 1.807) is 7.05 Å². The van der Waals surface area contributed by atoms with Crippen molar-refractivity contribution in [3.8, 4) is 0 Å². The van der Waals surface area contributed by atoms with E-state index in [9.17, 15) is 9.90 Å². The largest absolute Gasteiger partial charge is 0.449 e. The Bertz CT molecular complexity index is 237. The molecule has 0 bridgehead atoms. The molecule has 1 heterocycles. The van der Waals surface area contributed by atoms with E-state index >= 15 is 0 Å². The smallest absolute Gasteiger partial charge is 0.409 e. The fourth-order valence-corrected chi connectivity index (χ4v) is 1.72. The zero-order valence-electron chi connectivity index (χ0n) is 10.3. The Kier molecular flexibility index (Phi) is 4.56. The lowest BCUT2D eigenvalue weighted by atomic mass is 10.0. The van der Waals surface area contributed by atoms with Crippen LogP contribution in [0.4, 0.5) is 4.79 Å². The van der Waals surface area contributed by atoms with Crippen LogP contribution < -0.4 is 5.32 Å². The summed E-state index contributed by atoms with van der Waals surface area (Å²) in [7, 11) is 1.65. The quantitative estimate of drug-likeness (QED) is 0.735. The van der Waals surface area contributed by atoms with E-state index in [0.717, 1.165) is 6.54 Å². The first-order valence-corrected chi connectivity index (χ1v) is 5.74. The zero-order valence-corrected chi connectivity index (χ0v) is 10.3. The molecule has 0 aromatic heterocycles. The van der Waals surface area contributed by atoms with Crippen LogP contribution >= 0.6 is 0 Å². The maximum atomic E-state index is 11.5. The van der Waals surface area contributed by atoms with E-state index < -0.39 is 5.60 Å². The predicted octanol–water partition coefficient (Wildman–Crippen LogP) is 0.435. The summed E-state index contributed by atoms with van der Waals surface area (Å²) in [5.41, 5.74) is -0.800. The molecule has 1 aliphatic rings. The lowest BCUT2D eigenvalue weighted by molar-refractivity contribution is 0.0211. The topological polar surface area (TPSA) is 61.8 Å². The molecule has 1 amide bonds. The molecule has 0 aromatic carbocycles. The Morgan fingerprint density at radius 3 is 2.81 bits per heavy atom. The Morgan fingerprint density at radius 1 is 1.62 bits per heavy atom. The van der Waals surface area contributed by atoms with Crippen LogP contribution in [0.2, 0.25) is 0 Å². The number of carbonyl (C=O) groups excluding carboxylic acids is 1. The maximum absolute atomic E-state index is 11.5. The van der Waals surface area contributed by atoms with Crippen LogP contribution in [-0.2, 0) is 4.74 Å². The summed E-state index contributed by atoms with van der Waals surface area (Å²) in [5.74, 6) is 0.327. The predicted molar refractivity (Wildman–Crippen MR) is 61.3 cm³/mol. The lowest BCUT2D eigenvalue weighted by Gasteiger charge is -2.27. The number of ether oxygens (including phenoxy) is 1. The van der Waals surface area contributed by atoms with Crippen molar-refractivity contribution >= 4 is 6.09 Å². The van der Waals surface area contributed by atoms with Crippen molar-refractivity contribution in [2.24, 2.45) is 5.92 Å². The summed E-state index contributed by atoms with van der Waals surface area (Å²) in [6.07, 6.45) is 0.309. The van der Waals surface area contributed by atoms with E-state index in [-0.39, 0.29) is 6.09 Å². The van der Waals surface area contributed by atoms with Crippen LogP contribution in [0.15, 0.2) is 0 Å². The van der Waals surface area contributed by atoms with Gasteiger partial charge in [0.1, 0.15) is 0 Å². The monoisotopic (exact) mass is 230 g/mol. The summed E-state index contributed by atoms with van der Waals surface area (Å²) in [4.78, 5) is 13.0. The van der Waals surface area contributed by atoms with Gasteiger partial charge >= 0.3 is 6.09 Å². The van der Waals surface area contributed by atoms with Gasteiger partial charge in [-0.2, -0.15) is 0 Å². The minimum Gasteiger partial charge on any atom is -0.449 e. The third kappa shape index (κ3) is 3.98. The number of β-amino-alcohol motifs (C(OH)–C–C–N with tert-alkyl or cyclic N) is 1. The van der Waals surface area contributed by atoms with Gasteiger partial charge < -0.3 is 20.1 Å². The number of amides is 1. The van der Waals surface area contributed by atoms with Crippen molar-refractivity contribution < 1.29 is 14.6 Å². The highest BCUT2D eigenvalue weighted by Gasteiger charge is 2.33. The molecule has 1 atom stereocenters. The number of carbonyl (C=O) groups is 1. The second-order valence-corrected chi connectivity index (χ2v) is 4.98. The van der Waals surface area contributed by atoms with Crippen LogP contribution in [-0.4, -0.2) is 55.0 Å². The molecule has 1 fully saturated rings. The summed E-state index contributed by atoms with van der Waals surface area (Å²) < 4.78 is 5.08. The number of hydrogen-bond donors (Lipinski definition) is 2. The fourth-order valence-electron chi connectivity index (χ4n) is 1.72. The first kappa shape index (κ1) is 13.3. The van der Waals surface area contributed by atoms with Gasteiger partial charge in [-0.3, -0.25) is 0 Å².